The predicted molar refractivity (Wildman–Crippen MR) is 89.6 cm³/mol. The summed E-state index contributed by atoms with van der Waals surface area (Å²) >= 11 is 1.58. The van der Waals surface area contributed by atoms with Crippen molar-refractivity contribution < 1.29 is 14.3 Å². The number of hydrogen-bond acceptors (Lipinski definition) is 5. The Hall–Kier alpha value is -2.47. The van der Waals surface area contributed by atoms with E-state index in [-0.39, 0.29) is 0 Å². The van der Waals surface area contributed by atoms with E-state index in [4.69, 9.17) is 4.74 Å². The van der Waals surface area contributed by atoms with Gasteiger partial charge in [-0.25, -0.2) is 4.98 Å². The maximum Gasteiger partial charge on any atom is 0.227 e. The summed E-state index contributed by atoms with van der Waals surface area (Å²) in [4.78, 5) is 27.6. The number of ketones is 1. The van der Waals surface area contributed by atoms with Crippen molar-refractivity contribution in [2.45, 2.75) is 20.4 Å². The van der Waals surface area contributed by atoms with Crippen molar-refractivity contribution in [2.24, 2.45) is 0 Å². The molecule has 0 aliphatic rings. The van der Waals surface area contributed by atoms with Crippen LogP contribution in [0.4, 0.5) is 0 Å². The maximum absolute atomic E-state index is 12.1. The Kier molecular flexibility index (Phi) is 4.00. The van der Waals surface area contributed by atoms with Gasteiger partial charge in [0.2, 0.25) is 5.78 Å². The highest BCUT2D eigenvalue weighted by atomic mass is 32.1. The Morgan fingerprint density at radius 2 is 2.17 bits per heavy atom. The second-order valence-electron chi connectivity index (χ2n) is 5.29. The molecule has 0 spiro atoms. The molecule has 23 heavy (non-hydrogen) atoms. The largest absolute Gasteiger partial charge is 0.497 e. The van der Waals surface area contributed by atoms with Crippen LogP contribution in [-0.4, -0.2) is 28.7 Å². The van der Waals surface area contributed by atoms with Crippen molar-refractivity contribution in [2.75, 3.05) is 7.11 Å². The fourth-order valence-electron chi connectivity index (χ4n) is 2.77. The molecule has 6 heteroatoms. The minimum atomic E-state index is -0.519. The van der Waals surface area contributed by atoms with Gasteiger partial charge < -0.3 is 9.30 Å². The number of nitrogens with zero attached hydrogens (tertiary/aromatic N) is 2. The molecule has 2 heterocycles. The van der Waals surface area contributed by atoms with Crippen LogP contribution in [0.25, 0.3) is 10.9 Å². The van der Waals surface area contributed by atoms with E-state index in [1.165, 1.54) is 0 Å². The van der Waals surface area contributed by atoms with E-state index in [1.54, 1.807) is 24.5 Å². The number of methoxy groups -OCH3 is 1. The third-order valence-corrected chi connectivity index (χ3v) is 4.80. The van der Waals surface area contributed by atoms with Gasteiger partial charge in [0, 0.05) is 27.7 Å². The molecule has 0 saturated carbocycles. The molecule has 0 radical (unpaired) electrons. The summed E-state index contributed by atoms with van der Waals surface area (Å²) in [5, 5.41) is 3.69. The minimum Gasteiger partial charge on any atom is -0.497 e. The van der Waals surface area contributed by atoms with Crippen molar-refractivity contribution in [3.8, 4) is 5.75 Å². The van der Waals surface area contributed by atoms with Crippen molar-refractivity contribution >= 4 is 34.3 Å². The second-order valence-corrected chi connectivity index (χ2v) is 6.24. The third-order valence-electron chi connectivity index (χ3n) is 3.84. The van der Waals surface area contributed by atoms with Crippen LogP contribution in [-0.2, 0) is 11.3 Å². The monoisotopic (exact) mass is 328 g/mol. The number of hydrogen-bond donors (Lipinski definition) is 0. The van der Waals surface area contributed by atoms with Gasteiger partial charge >= 0.3 is 0 Å². The molecule has 0 unspecified atom stereocenters. The Balaban J connectivity index is 2.22. The van der Waals surface area contributed by atoms with Gasteiger partial charge in [0.1, 0.15) is 10.8 Å². The van der Waals surface area contributed by atoms with Crippen LogP contribution in [0.3, 0.4) is 0 Å². The molecule has 0 aliphatic carbocycles. The van der Waals surface area contributed by atoms with Crippen LogP contribution in [0, 0.1) is 13.8 Å². The number of aryl methyl sites for hydroxylation is 1. The van der Waals surface area contributed by atoms with Gasteiger partial charge in [0.05, 0.1) is 19.2 Å². The Bertz CT molecular complexity index is 908. The first kappa shape index (κ1) is 15.4. The number of fused-ring (bicyclic) bond motifs is 1. The van der Waals surface area contributed by atoms with E-state index < -0.39 is 5.78 Å². The first-order valence-electron chi connectivity index (χ1n) is 7.12. The van der Waals surface area contributed by atoms with Crippen LogP contribution in [0.15, 0.2) is 23.6 Å². The molecule has 0 bridgehead atoms. The zero-order chi connectivity index (χ0) is 16.6. The van der Waals surface area contributed by atoms with Crippen molar-refractivity contribution in [1.82, 2.24) is 9.55 Å². The molecule has 2 aromatic heterocycles. The summed E-state index contributed by atoms with van der Waals surface area (Å²) < 4.78 is 7.26. The fraction of sp³-hybridized carbons (Fsp3) is 0.235. The number of carbonyl (C=O) groups excluding carboxylic acids is 2. The minimum absolute atomic E-state index is 0.360. The highest BCUT2D eigenvalue weighted by Gasteiger charge is 2.20. The molecule has 3 rings (SSSR count). The quantitative estimate of drug-likeness (QED) is 0.410. The Morgan fingerprint density at radius 3 is 2.78 bits per heavy atom. The van der Waals surface area contributed by atoms with E-state index in [0.717, 1.165) is 27.3 Å². The molecule has 0 saturated heterocycles. The first-order chi connectivity index (χ1) is 11.0. The zero-order valence-electron chi connectivity index (χ0n) is 13.1. The number of benzene rings is 1. The molecular formula is C17H16N2O3S. The lowest BCUT2D eigenvalue weighted by atomic mass is 10.1. The standard InChI is InChI=1S/C17H16N2O3S/c1-10-9-23-16(18-10)7-19-11(2)17(15(21)8-20)13-6-12(22-3)4-5-14(13)19/h4-6,8-9H,7H2,1-3H3. The number of Topliss-reactive ketones (excluding diaryl/α,β-unsaturated/α-hetero) is 1. The summed E-state index contributed by atoms with van der Waals surface area (Å²) in [5.41, 5.74) is 3.06. The second kappa shape index (κ2) is 5.96. The van der Waals surface area contributed by atoms with Crippen molar-refractivity contribution in [3.63, 3.8) is 0 Å². The van der Waals surface area contributed by atoms with Gasteiger partial charge in [-0.2, -0.15) is 0 Å². The van der Waals surface area contributed by atoms with Crippen LogP contribution < -0.4 is 4.74 Å². The molecule has 1 aromatic carbocycles. The molecule has 118 valence electrons. The van der Waals surface area contributed by atoms with Crippen LogP contribution in [0.1, 0.15) is 26.8 Å². The number of aromatic nitrogens is 2. The topological polar surface area (TPSA) is 61.2 Å². The molecule has 0 amide bonds. The number of ether oxygens (including phenoxy) is 1. The molecule has 0 fully saturated rings. The SMILES string of the molecule is COc1ccc2c(c1)c(C(=O)C=O)c(C)n2Cc1nc(C)cs1. The van der Waals surface area contributed by atoms with Gasteiger partial charge in [-0.05, 0) is 32.0 Å². The first-order valence-corrected chi connectivity index (χ1v) is 8.00. The summed E-state index contributed by atoms with van der Waals surface area (Å²) in [7, 11) is 1.57. The van der Waals surface area contributed by atoms with Gasteiger partial charge in [-0.1, -0.05) is 0 Å². The predicted octanol–water partition coefficient (Wildman–Crippen LogP) is 3.15. The smallest absolute Gasteiger partial charge is 0.227 e. The molecule has 0 N–H and O–H groups in total. The van der Waals surface area contributed by atoms with Gasteiger partial charge in [0.15, 0.2) is 6.29 Å². The van der Waals surface area contributed by atoms with Gasteiger partial charge in [-0.3, -0.25) is 9.59 Å². The zero-order valence-corrected chi connectivity index (χ0v) is 13.9. The Labute approximate surface area is 137 Å². The van der Waals surface area contributed by atoms with Gasteiger partial charge in [0.25, 0.3) is 0 Å². The summed E-state index contributed by atoms with van der Waals surface area (Å²) in [6.45, 7) is 4.37. The third kappa shape index (κ3) is 2.66. The fourth-order valence-corrected chi connectivity index (χ4v) is 3.53. The molecular weight excluding hydrogens is 312 g/mol. The number of rotatable bonds is 5. The lowest BCUT2D eigenvalue weighted by Gasteiger charge is -2.06. The highest BCUT2D eigenvalue weighted by molar-refractivity contribution is 7.09. The van der Waals surface area contributed by atoms with E-state index in [2.05, 4.69) is 4.98 Å². The maximum atomic E-state index is 12.1. The van der Waals surface area contributed by atoms with E-state index in [9.17, 15) is 9.59 Å². The molecule has 0 atom stereocenters. The van der Waals surface area contributed by atoms with E-state index in [1.807, 2.05) is 35.9 Å². The van der Waals surface area contributed by atoms with E-state index >= 15 is 0 Å². The summed E-state index contributed by atoms with van der Waals surface area (Å²) in [6, 6.07) is 5.55. The average molecular weight is 328 g/mol. The Morgan fingerprint density at radius 1 is 1.39 bits per heavy atom. The molecule has 3 aromatic rings. The van der Waals surface area contributed by atoms with E-state index in [0.29, 0.717) is 24.1 Å². The number of carbonyl (C=O) groups is 2. The van der Waals surface area contributed by atoms with Crippen LogP contribution in [0.5, 0.6) is 5.75 Å². The summed E-state index contributed by atoms with van der Waals surface area (Å²) in [6.07, 6.45) is 0.360. The van der Waals surface area contributed by atoms with Gasteiger partial charge in [-0.15, -0.1) is 11.3 Å². The number of thiazole rings is 1. The number of aldehydes is 1. The average Bonchev–Trinajstić information content (AvgIpc) is 3.08. The van der Waals surface area contributed by atoms with Crippen molar-refractivity contribution in [3.05, 3.63) is 45.5 Å². The lowest BCUT2D eigenvalue weighted by Crippen LogP contribution is -2.05. The van der Waals surface area contributed by atoms with Crippen LogP contribution in [0.2, 0.25) is 0 Å². The lowest BCUT2D eigenvalue weighted by molar-refractivity contribution is -0.104. The molecule has 0 aliphatic heterocycles. The molecule has 5 nitrogen and oxygen atoms in total. The van der Waals surface area contributed by atoms with Crippen molar-refractivity contribution in [1.29, 1.82) is 0 Å². The highest BCUT2D eigenvalue weighted by Crippen LogP contribution is 2.30. The van der Waals surface area contributed by atoms with Crippen LogP contribution >= 0.6 is 11.3 Å². The normalized spacial score (nSPS) is 10.9. The summed E-state index contributed by atoms with van der Waals surface area (Å²) in [5.74, 6) is 0.134.